The number of halogens is 2. The number of rotatable bonds is 5. The molecule has 0 spiro atoms. The summed E-state index contributed by atoms with van der Waals surface area (Å²) in [5, 5.41) is 4.12. The molecular formula is C24H20Cl2N2O3. The van der Waals surface area contributed by atoms with Gasteiger partial charge in [0.2, 0.25) is 11.8 Å². The van der Waals surface area contributed by atoms with Crippen LogP contribution in [0.4, 0.5) is 11.4 Å². The zero-order chi connectivity index (χ0) is 22.0. The second-order valence-electron chi connectivity index (χ2n) is 7.36. The van der Waals surface area contributed by atoms with Gasteiger partial charge >= 0.3 is 0 Å². The summed E-state index contributed by atoms with van der Waals surface area (Å²) in [5.74, 6) is 0.594. The molecule has 0 aromatic heterocycles. The summed E-state index contributed by atoms with van der Waals surface area (Å²) in [6.45, 7) is 2.19. The zero-order valence-electron chi connectivity index (χ0n) is 16.8. The van der Waals surface area contributed by atoms with E-state index in [1.54, 1.807) is 65.6 Å². The normalized spacial score (nSPS) is 15.8. The van der Waals surface area contributed by atoms with Crippen LogP contribution in [0.1, 0.15) is 12.0 Å². The molecule has 1 N–H and O–H groups in total. The van der Waals surface area contributed by atoms with Crippen LogP contribution < -0.4 is 15.0 Å². The molecule has 1 fully saturated rings. The Bertz CT molecular complexity index is 1110. The maximum absolute atomic E-state index is 12.7. The Labute approximate surface area is 190 Å². The summed E-state index contributed by atoms with van der Waals surface area (Å²) in [4.78, 5) is 26.9. The maximum Gasteiger partial charge on any atom is 0.229 e. The molecule has 1 heterocycles. The van der Waals surface area contributed by atoms with Gasteiger partial charge in [0.1, 0.15) is 11.5 Å². The third-order valence-corrected chi connectivity index (χ3v) is 5.86. The summed E-state index contributed by atoms with van der Waals surface area (Å²) in [6.07, 6.45) is 0.162. The highest BCUT2D eigenvalue weighted by Gasteiger charge is 2.35. The largest absolute Gasteiger partial charge is 0.457 e. The molecule has 1 aliphatic rings. The van der Waals surface area contributed by atoms with Gasteiger partial charge in [-0.25, -0.2) is 0 Å². The van der Waals surface area contributed by atoms with Crippen LogP contribution in [0.25, 0.3) is 0 Å². The molecule has 3 aromatic carbocycles. The van der Waals surface area contributed by atoms with Crippen molar-refractivity contribution < 1.29 is 14.3 Å². The highest BCUT2D eigenvalue weighted by atomic mass is 35.5. The van der Waals surface area contributed by atoms with E-state index in [-0.39, 0.29) is 18.2 Å². The molecular weight excluding hydrogens is 435 g/mol. The summed E-state index contributed by atoms with van der Waals surface area (Å²) in [5.41, 5.74) is 2.21. The molecule has 0 saturated carbocycles. The first kappa shape index (κ1) is 21.2. The maximum atomic E-state index is 12.7. The van der Waals surface area contributed by atoms with Crippen molar-refractivity contribution in [2.24, 2.45) is 5.92 Å². The number of carbonyl (C=O) groups excluding carboxylic acids is 2. The predicted molar refractivity (Wildman–Crippen MR) is 123 cm³/mol. The first-order valence-corrected chi connectivity index (χ1v) is 10.6. The van der Waals surface area contributed by atoms with Crippen molar-refractivity contribution in [2.45, 2.75) is 13.3 Å². The van der Waals surface area contributed by atoms with E-state index in [1.807, 2.05) is 13.0 Å². The Morgan fingerprint density at radius 3 is 2.32 bits per heavy atom. The van der Waals surface area contributed by atoms with Crippen molar-refractivity contribution in [3.63, 3.8) is 0 Å². The first-order chi connectivity index (χ1) is 14.9. The number of hydrogen-bond acceptors (Lipinski definition) is 3. The lowest BCUT2D eigenvalue weighted by atomic mass is 10.1. The van der Waals surface area contributed by atoms with Crippen LogP contribution in [0, 0.1) is 12.8 Å². The van der Waals surface area contributed by atoms with Crippen molar-refractivity contribution in [2.75, 3.05) is 16.8 Å². The molecule has 2 amide bonds. The molecule has 7 heteroatoms. The van der Waals surface area contributed by atoms with Gasteiger partial charge in [-0.05, 0) is 73.2 Å². The van der Waals surface area contributed by atoms with E-state index in [0.717, 1.165) is 11.3 Å². The van der Waals surface area contributed by atoms with E-state index in [4.69, 9.17) is 27.9 Å². The highest BCUT2D eigenvalue weighted by molar-refractivity contribution is 6.32. The topological polar surface area (TPSA) is 58.6 Å². The Balaban J connectivity index is 1.38. The lowest BCUT2D eigenvalue weighted by molar-refractivity contribution is -0.122. The minimum Gasteiger partial charge on any atom is -0.457 e. The van der Waals surface area contributed by atoms with Gasteiger partial charge in [0.25, 0.3) is 0 Å². The van der Waals surface area contributed by atoms with Crippen molar-refractivity contribution in [1.29, 1.82) is 0 Å². The second-order valence-corrected chi connectivity index (χ2v) is 8.20. The third-order valence-electron chi connectivity index (χ3n) is 5.20. The van der Waals surface area contributed by atoms with Crippen LogP contribution in [-0.2, 0) is 9.59 Å². The summed E-state index contributed by atoms with van der Waals surface area (Å²) < 4.78 is 5.76. The van der Waals surface area contributed by atoms with E-state index in [2.05, 4.69) is 5.32 Å². The van der Waals surface area contributed by atoms with Crippen molar-refractivity contribution in [3.8, 4) is 11.5 Å². The lowest BCUT2D eigenvalue weighted by Gasteiger charge is -2.19. The fourth-order valence-electron chi connectivity index (χ4n) is 3.49. The van der Waals surface area contributed by atoms with E-state index in [1.165, 1.54) is 0 Å². The smallest absolute Gasteiger partial charge is 0.229 e. The van der Waals surface area contributed by atoms with Gasteiger partial charge in [0.05, 0.1) is 5.92 Å². The molecule has 31 heavy (non-hydrogen) atoms. The Kier molecular flexibility index (Phi) is 6.16. The summed E-state index contributed by atoms with van der Waals surface area (Å²) >= 11 is 12.1. The molecule has 1 saturated heterocycles. The molecule has 0 unspecified atom stereocenters. The number of nitrogens with one attached hydrogen (secondary N) is 1. The van der Waals surface area contributed by atoms with Gasteiger partial charge in [-0.3, -0.25) is 9.59 Å². The lowest BCUT2D eigenvalue weighted by Crippen LogP contribution is -2.28. The number of ether oxygens (including phenoxy) is 1. The van der Waals surface area contributed by atoms with Gasteiger partial charge in [-0.2, -0.15) is 0 Å². The number of amides is 2. The molecule has 0 bridgehead atoms. The number of carbonyl (C=O) groups is 2. The molecule has 1 atom stereocenters. The molecule has 0 aliphatic carbocycles. The van der Waals surface area contributed by atoms with Crippen LogP contribution in [0.2, 0.25) is 10.0 Å². The van der Waals surface area contributed by atoms with E-state index in [9.17, 15) is 9.59 Å². The molecule has 3 aromatic rings. The van der Waals surface area contributed by atoms with E-state index in [0.29, 0.717) is 33.8 Å². The van der Waals surface area contributed by atoms with Gasteiger partial charge < -0.3 is 15.0 Å². The van der Waals surface area contributed by atoms with Gasteiger partial charge in [-0.15, -0.1) is 0 Å². The highest BCUT2D eigenvalue weighted by Crippen LogP contribution is 2.32. The Morgan fingerprint density at radius 1 is 1.00 bits per heavy atom. The van der Waals surface area contributed by atoms with Gasteiger partial charge in [-0.1, -0.05) is 29.3 Å². The van der Waals surface area contributed by atoms with E-state index < -0.39 is 5.92 Å². The standard InChI is InChI=1S/C24H20Cl2N2O3/c1-15-21(26)3-2-4-22(15)28-14-16(13-23(28)29)24(30)27-18-7-11-20(12-8-18)31-19-9-5-17(25)6-10-19/h2-12,16H,13-14H2,1H3,(H,27,30)/t16-/m0/s1. The van der Waals surface area contributed by atoms with Crippen molar-refractivity contribution in [1.82, 2.24) is 0 Å². The predicted octanol–water partition coefficient (Wildman–Crippen LogP) is 6.09. The molecule has 4 rings (SSSR count). The zero-order valence-corrected chi connectivity index (χ0v) is 18.3. The number of hydrogen-bond donors (Lipinski definition) is 1. The average molecular weight is 455 g/mol. The average Bonchev–Trinajstić information content (AvgIpc) is 3.15. The summed E-state index contributed by atoms with van der Waals surface area (Å²) in [6, 6.07) is 19.6. The number of anilines is 2. The van der Waals surface area contributed by atoms with Crippen LogP contribution >= 0.6 is 23.2 Å². The molecule has 5 nitrogen and oxygen atoms in total. The quantitative estimate of drug-likeness (QED) is 0.507. The van der Waals surface area contributed by atoms with Crippen LogP contribution in [0.5, 0.6) is 11.5 Å². The first-order valence-electron chi connectivity index (χ1n) is 9.80. The fraction of sp³-hybridized carbons (Fsp3) is 0.167. The van der Waals surface area contributed by atoms with Crippen molar-refractivity contribution in [3.05, 3.63) is 82.3 Å². The summed E-state index contributed by atoms with van der Waals surface area (Å²) in [7, 11) is 0. The fourth-order valence-corrected chi connectivity index (χ4v) is 3.79. The van der Waals surface area contributed by atoms with Gasteiger partial charge in [0, 0.05) is 34.4 Å². The molecule has 1 aliphatic heterocycles. The van der Waals surface area contributed by atoms with Crippen molar-refractivity contribution >= 4 is 46.4 Å². The molecule has 158 valence electrons. The minimum absolute atomic E-state index is 0.0859. The van der Waals surface area contributed by atoms with Gasteiger partial charge in [0.15, 0.2) is 0 Å². The second kappa shape index (κ2) is 9.00. The number of nitrogens with zero attached hydrogens (tertiary/aromatic N) is 1. The van der Waals surface area contributed by atoms with Crippen LogP contribution in [0.3, 0.4) is 0 Å². The minimum atomic E-state index is -0.434. The Morgan fingerprint density at radius 2 is 1.65 bits per heavy atom. The van der Waals surface area contributed by atoms with E-state index >= 15 is 0 Å². The third kappa shape index (κ3) is 4.84. The number of benzene rings is 3. The monoisotopic (exact) mass is 454 g/mol. The van der Waals surface area contributed by atoms with Crippen LogP contribution in [-0.4, -0.2) is 18.4 Å². The Hall–Kier alpha value is -3.02. The SMILES string of the molecule is Cc1c(Cl)cccc1N1C[C@@H](C(=O)Nc2ccc(Oc3ccc(Cl)cc3)cc2)CC1=O. The molecule has 0 radical (unpaired) electrons. The van der Waals surface area contributed by atoms with Crippen LogP contribution in [0.15, 0.2) is 66.7 Å².